The molecule has 0 aliphatic rings. The van der Waals surface area contributed by atoms with Crippen molar-refractivity contribution in [2.45, 2.75) is 46.6 Å². The molecule has 0 amide bonds. The molecule has 5 heteroatoms. The highest BCUT2D eigenvalue weighted by atomic mass is 32.2. The quantitative estimate of drug-likeness (QED) is 0.714. The monoisotopic (exact) mass is 223 g/mol. The van der Waals surface area contributed by atoms with E-state index < -0.39 is 10.3 Å². The van der Waals surface area contributed by atoms with Gasteiger partial charge in [-0.2, -0.15) is 13.1 Å². The van der Waals surface area contributed by atoms with E-state index in [0.29, 0.717) is 0 Å². The van der Waals surface area contributed by atoms with Crippen molar-refractivity contribution in [3.8, 4) is 0 Å². The molecule has 0 radical (unpaired) electrons. The molecular formula is C9H21NO3S. The van der Waals surface area contributed by atoms with E-state index in [0.717, 1.165) is 12.8 Å². The van der Waals surface area contributed by atoms with Crippen LogP contribution in [0.15, 0.2) is 0 Å². The second-order valence-corrected chi connectivity index (χ2v) is 5.32. The van der Waals surface area contributed by atoms with Crippen molar-refractivity contribution in [2.24, 2.45) is 5.92 Å². The van der Waals surface area contributed by atoms with Gasteiger partial charge in [-0.1, -0.05) is 27.2 Å². The van der Waals surface area contributed by atoms with Crippen LogP contribution in [0, 0.1) is 5.92 Å². The summed E-state index contributed by atoms with van der Waals surface area (Å²) in [5.41, 5.74) is 0. The van der Waals surface area contributed by atoms with Crippen molar-refractivity contribution < 1.29 is 12.6 Å². The van der Waals surface area contributed by atoms with E-state index in [4.69, 9.17) is 4.18 Å². The summed E-state index contributed by atoms with van der Waals surface area (Å²) in [4.78, 5) is 0. The molecule has 86 valence electrons. The Hall–Kier alpha value is -0.130. The van der Waals surface area contributed by atoms with E-state index in [1.165, 1.54) is 0 Å². The Balaban J connectivity index is 3.95. The average Bonchev–Trinajstić information content (AvgIpc) is 2.00. The van der Waals surface area contributed by atoms with E-state index in [1.807, 2.05) is 27.7 Å². The second-order valence-electron chi connectivity index (χ2n) is 3.94. The molecule has 0 bridgehead atoms. The zero-order valence-corrected chi connectivity index (χ0v) is 10.2. The maximum Gasteiger partial charge on any atom is 0.336 e. The van der Waals surface area contributed by atoms with E-state index in [2.05, 4.69) is 4.72 Å². The summed E-state index contributed by atoms with van der Waals surface area (Å²) in [7, 11) is -3.55. The summed E-state index contributed by atoms with van der Waals surface area (Å²) in [6.45, 7) is 7.89. The van der Waals surface area contributed by atoms with Crippen LogP contribution >= 0.6 is 0 Å². The highest BCUT2D eigenvalue weighted by Crippen LogP contribution is 2.01. The summed E-state index contributed by atoms with van der Waals surface area (Å²) in [5.74, 6) is 0.216. The SMILES string of the molecule is CCCC(C)NS(=O)(=O)OCC(C)C. The topological polar surface area (TPSA) is 55.4 Å². The highest BCUT2D eigenvalue weighted by molar-refractivity contribution is 7.84. The van der Waals surface area contributed by atoms with Gasteiger partial charge >= 0.3 is 10.3 Å². The minimum atomic E-state index is -3.55. The van der Waals surface area contributed by atoms with Gasteiger partial charge in [0.1, 0.15) is 0 Å². The number of rotatable bonds is 7. The van der Waals surface area contributed by atoms with Crippen LogP contribution < -0.4 is 4.72 Å². The zero-order chi connectivity index (χ0) is 11.2. The van der Waals surface area contributed by atoms with Gasteiger partial charge in [-0.15, -0.1) is 0 Å². The molecular weight excluding hydrogens is 202 g/mol. The summed E-state index contributed by atoms with van der Waals surface area (Å²) in [6, 6.07) is -0.0582. The Morgan fingerprint density at radius 3 is 2.29 bits per heavy atom. The lowest BCUT2D eigenvalue weighted by Crippen LogP contribution is -2.34. The molecule has 0 aromatic rings. The third-order valence-corrected chi connectivity index (χ3v) is 2.76. The van der Waals surface area contributed by atoms with Crippen LogP contribution in [0.1, 0.15) is 40.5 Å². The fourth-order valence-corrected chi connectivity index (χ4v) is 2.13. The molecule has 0 heterocycles. The minimum absolute atomic E-state index is 0.0582. The van der Waals surface area contributed by atoms with Gasteiger partial charge in [0.25, 0.3) is 0 Å². The van der Waals surface area contributed by atoms with E-state index in [1.54, 1.807) is 0 Å². The van der Waals surface area contributed by atoms with Crippen LogP contribution in [-0.2, 0) is 14.5 Å². The molecule has 0 aliphatic heterocycles. The molecule has 1 atom stereocenters. The molecule has 0 aromatic heterocycles. The van der Waals surface area contributed by atoms with Gasteiger partial charge in [0, 0.05) is 6.04 Å². The lowest BCUT2D eigenvalue weighted by molar-refractivity contribution is 0.267. The predicted octanol–water partition coefficient (Wildman–Crippen LogP) is 1.68. The molecule has 0 fully saturated rings. The molecule has 0 rings (SSSR count). The van der Waals surface area contributed by atoms with E-state index in [-0.39, 0.29) is 18.6 Å². The first-order valence-electron chi connectivity index (χ1n) is 5.04. The van der Waals surface area contributed by atoms with Gasteiger partial charge in [0.2, 0.25) is 0 Å². The third kappa shape index (κ3) is 7.29. The van der Waals surface area contributed by atoms with Crippen molar-refractivity contribution in [3.63, 3.8) is 0 Å². The molecule has 1 unspecified atom stereocenters. The summed E-state index contributed by atoms with van der Waals surface area (Å²) >= 11 is 0. The fraction of sp³-hybridized carbons (Fsp3) is 1.00. The van der Waals surface area contributed by atoms with Crippen molar-refractivity contribution in [1.29, 1.82) is 0 Å². The number of hydrogen-bond acceptors (Lipinski definition) is 3. The highest BCUT2D eigenvalue weighted by Gasteiger charge is 2.14. The van der Waals surface area contributed by atoms with Crippen LogP contribution in [0.3, 0.4) is 0 Å². The van der Waals surface area contributed by atoms with Crippen molar-refractivity contribution >= 4 is 10.3 Å². The normalized spacial score (nSPS) is 14.6. The Morgan fingerprint density at radius 2 is 1.86 bits per heavy atom. The van der Waals surface area contributed by atoms with Crippen LogP contribution in [0.4, 0.5) is 0 Å². The lowest BCUT2D eigenvalue weighted by Gasteiger charge is -2.13. The Kier molecular flexibility index (Phi) is 6.31. The summed E-state index contributed by atoms with van der Waals surface area (Å²) in [6.07, 6.45) is 1.78. The molecule has 1 N–H and O–H groups in total. The molecule has 4 nitrogen and oxygen atoms in total. The first-order chi connectivity index (χ1) is 6.37. The predicted molar refractivity (Wildman–Crippen MR) is 57.2 cm³/mol. The van der Waals surface area contributed by atoms with Crippen LogP contribution in [0.5, 0.6) is 0 Å². The molecule has 0 saturated carbocycles. The summed E-state index contributed by atoms with van der Waals surface area (Å²) < 4.78 is 29.8. The van der Waals surface area contributed by atoms with E-state index >= 15 is 0 Å². The molecule has 0 spiro atoms. The molecule has 0 aromatic carbocycles. The fourth-order valence-electron chi connectivity index (χ4n) is 0.998. The zero-order valence-electron chi connectivity index (χ0n) is 9.41. The van der Waals surface area contributed by atoms with Gasteiger partial charge in [-0.25, -0.2) is 0 Å². The molecule has 0 aliphatic carbocycles. The summed E-state index contributed by atoms with van der Waals surface area (Å²) in [5, 5.41) is 0. The van der Waals surface area contributed by atoms with Crippen molar-refractivity contribution in [2.75, 3.05) is 6.61 Å². The Morgan fingerprint density at radius 1 is 1.29 bits per heavy atom. The first-order valence-corrected chi connectivity index (χ1v) is 6.45. The van der Waals surface area contributed by atoms with Gasteiger partial charge in [0.05, 0.1) is 6.61 Å². The minimum Gasteiger partial charge on any atom is -0.258 e. The number of nitrogens with one attached hydrogen (secondary N) is 1. The van der Waals surface area contributed by atoms with Gasteiger partial charge in [0.15, 0.2) is 0 Å². The average molecular weight is 223 g/mol. The molecule has 14 heavy (non-hydrogen) atoms. The smallest absolute Gasteiger partial charge is 0.258 e. The van der Waals surface area contributed by atoms with Crippen molar-refractivity contribution in [3.05, 3.63) is 0 Å². The third-order valence-electron chi connectivity index (χ3n) is 1.62. The first kappa shape index (κ1) is 13.9. The van der Waals surface area contributed by atoms with Gasteiger partial charge in [-0.3, -0.25) is 4.18 Å². The maximum absolute atomic E-state index is 11.3. The lowest BCUT2D eigenvalue weighted by atomic mass is 10.2. The van der Waals surface area contributed by atoms with Crippen LogP contribution in [0.25, 0.3) is 0 Å². The van der Waals surface area contributed by atoms with E-state index in [9.17, 15) is 8.42 Å². The Bertz CT molecular complexity index is 236. The number of hydrogen-bond donors (Lipinski definition) is 1. The van der Waals surface area contributed by atoms with Crippen LogP contribution in [-0.4, -0.2) is 21.1 Å². The second kappa shape index (κ2) is 6.37. The largest absolute Gasteiger partial charge is 0.336 e. The standard InChI is InChI=1S/C9H21NO3S/c1-5-6-9(4)10-14(11,12)13-7-8(2)3/h8-10H,5-7H2,1-4H3. The molecule has 0 saturated heterocycles. The maximum atomic E-state index is 11.3. The Labute approximate surface area is 87.3 Å². The van der Waals surface area contributed by atoms with Gasteiger partial charge in [-0.05, 0) is 19.3 Å². The van der Waals surface area contributed by atoms with Gasteiger partial charge < -0.3 is 0 Å². The van der Waals surface area contributed by atoms with Crippen molar-refractivity contribution in [1.82, 2.24) is 4.72 Å². The van der Waals surface area contributed by atoms with Crippen LogP contribution in [0.2, 0.25) is 0 Å².